The standard InChI is InChI=1S/C22H23.3ClH.Ti/c1-17(2)18-14-15-21(16-18)22(3,19-10-6-4-7-11-19)20-12-8-5-9-13-20;;;;/h4-14,17H,15H2,1-3H3;3*1H;/q;;;;+3/p-3. The van der Waals surface area contributed by atoms with E-state index >= 15 is 0 Å². The van der Waals surface area contributed by atoms with Crippen LogP contribution in [0.1, 0.15) is 38.3 Å². The van der Waals surface area contributed by atoms with Crippen LogP contribution >= 0.6 is 0 Å². The number of rotatable bonds is 4. The van der Waals surface area contributed by atoms with Crippen molar-refractivity contribution in [3.63, 3.8) is 0 Å². The molecule has 0 atom stereocenters. The Labute approximate surface area is 188 Å². The predicted octanol–water partition coefficient (Wildman–Crippen LogP) is -3.21. The topological polar surface area (TPSA) is 0 Å². The maximum atomic E-state index is 2.43. The van der Waals surface area contributed by atoms with E-state index in [-0.39, 0.29) is 42.6 Å². The van der Waals surface area contributed by atoms with Crippen molar-refractivity contribution in [1.82, 2.24) is 0 Å². The van der Waals surface area contributed by atoms with Crippen LogP contribution in [0.5, 0.6) is 0 Å². The summed E-state index contributed by atoms with van der Waals surface area (Å²) in [5.74, 6) is 0.586. The Hall–Kier alpha value is -0.496. The largest absolute Gasteiger partial charge is 1.00 e. The molecular weight excluding hydrogens is 418 g/mol. The van der Waals surface area contributed by atoms with Crippen LogP contribution in [0.4, 0.5) is 0 Å². The van der Waals surface area contributed by atoms with Crippen LogP contribution in [0.3, 0.4) is 0 Å². The first-order valence-electron chi connectivity index (χ1n) is 8.32. The molecule has 0 saturated carbocycles. The van der Waals surface area contributed by atoms with Crippen LogP contribution in [0.25, 0.3) is 0 Å². The van der Waals surface area contributed by atoms with E-state index < -0.39 is 0 Å². The minimum atomic E-state index is -0.0697. The molecule has 1 aliphatic carbocycles. The van der Waals surface area contributed by atoms with Gasteiger partial charge in [0, 0.05) is 0 Å². The number of hydrogen-bond acceptors (Lipinski definition) is 0. The predicted molar refractivity (Wildman–Crippen MR) is 93.9 cm³/mol. The molecule has 4 heteroatoms. The molecule has 0 fully saturated rings. The van der Waals surface area contributed by atoms with E-state index in [1.54, 1.807) is 5.57 Å². The average Bonchev–Trinajstić information content (AvgIpc) is 2.98. The Balaban J connectivity index is 0.00000208. The van der Waals surface area contributed by atoms with Gasteiger partial charge in [-0.25, -0.2) is 0 Å². The zero-order valence-corrected chi connectivity index (χ0v) is 19.1. The molecule has 0 aliphatic heterocycles. The molecular formula is C22H23Cl3Ti. The monoisotopic (exact) mass is 440 g/mol. The van der Waals surface area contributed by atoms with E-state index in [0.29, 0.717) is 5.92 Å². The first-order chi connectivity index (χ1) is 11.0. The van der Waals surface area contributed by atoms with Crippen LogP contribution in [-0.2, 0) is 25.9 Å². The Bertz CT molecular complexity index is 710. The molecule has 0 bridgehead atoms. The number of benzene rings is 2. The molecule has 0 radical (unpaired) electrons. The molecule has 26 heavy (non-hydrogen) atoms. The van der Waals surface area contributed by atoms with Crippen LogP contribution in [-0.4, -0.2) is 0 Å². The summed E-state index contributed by atoms with van der Waals surface area (Å²) in [6, 6.07) is 21.9. The maximum Gasteiger partial charge on any atom is -1.00 e. The summed E-state index contributed by atoms with van der Waals surface area (Å²) in [6.45, 7) is 6.97. The van der Waals surface area contributed by atoms with Gasteiger partial charge in [0.25, 0.3) is 0 Å². The second-order valence-electron chi connectivity index (χ2n) is 6.73. The van der Waals surface area contributed by atoms with Gasteiger partial charge in [0.2, 0.25) is 0 Å². The minimum absolute atomic E-state index is 0. The fourth-order valence-electron chi connectivity index (χ4n) is 3.63. The van der Waals surface area contributed by atoms with Crippen molar-refractivity contribution in [1.29, 1.82) is 0 Å². The fraction of sp³-hybridized carbons (Fsp3) is 0.273. The van der Waals surface area contributed by atoms with Crippen molar-refractivity contribution >= 4 is 0 Å². The molecule has 0 spiro atoms. The summed E-state index contributed by atoms with van der Waals surface area (Å²) < 4.78 is 1.48. The second-order valence-corrected chi connectivity index (χ2v) is 7.51. The summed E-state index contributed by atoms with van der Waals surface area (Å²) in [5.41, 5.74) is 5.73. The Morgan fingerprint density at radius 1 is 0.808 bits per heavy atom. The molecule has 0 N–H and O–H groups in total. The van der Waals surface area contributed by atoms with Crippen LogP contribution in [0.2, 0.25) is 0 Å². The molecule has 136 valence electrons. The van der Waals surface area contributed by atoms with Crippen LogP contribution in [0.15, 0.2) is 81.8 Å². The third kappa shape index (κ3) is 4.67. The SMILES string of the molecule is CC(C)C1=CCC(C(C)(c2ccccc2)c2ccccc2)=[C]1[Ti+3].[Cl-].[Cl-].[Cl-]. The van der Waals surface area contributed by atoms with Gasteiger partial charge in [0.1, 0.15) is 0 Å². The van der Waals surface area contributed by atoms with Gasteiger partial charge >= 0.3 is 152 Å². The summed E-state index contributed by atoms with van der Waals surface area (Å²) in [6.07, 6.45) is 3.49. The number of allylic oxidation sites excluding steroid dienone is 4. The zero-order chi connectivity index (χ0) is 16.4. The first kappa shape index (κ1) is 25.5. The van der Waals surface area contributed by atoms with Crippen molar-refractivity contribution < 1.29 is 57.7 Å². The summed E-state index contributed by atoms with van der Waals surface area (Å²) in [5, 5.41) is 0. The van der Waals surface area contributed by atoms with Gasteiger partial charge in [-0.3, -0.25) is 0 Å². The average molecular weight is 442 g/mol. The second kappa shape index (κ2) is 10.7. The normalized spacial score (nSPS) is 13.5. The molecule has 1 aliphatic rings. The molecule has 0 nitrogen and oxygen atoms in total. The van der Waals surface area contributed by atoms with Gasteiger partial charge in [0.15, 0.2) is 0 Å². The maximum absolute atomic E-state index is 2.43. The van der Waals surface area contributed by atoms with E-state index in [0.717, 1.165) is 6.42 Å². The molecule has 3 rings (SSSR count). The summed E-state index contributed by atoms with van der Waals surface area (Å²) in [4.78, 5) is 0. The van der Waals surface area contributed by atoms with Gasteiger partial charge in [-0.2, -0.15) is 0 Å². The quantitative estimate of drug-likeness (QED) is 0.439. The summed E-state index contributed by atoms with van der Waals surface area (Å²) in [7, 11) is 0. The Kier molecular flexibility index (Phi) is 10.5. The fourth-order valence-corrected chi connectivity index (χ4v) is 4.79. The Morgan fingerprint density at radius 3 is 1.58 bits per heavy atom. The zero-order valence-electron chi connectivity index (χ0n) is 15.3. The van der Waals surface area contributed by atoms with Gasteiger partial charge in [-0.1, -0.05) is 0 Å². The van der Waals surface area contributed by atoms with E-state index in [1.807, 2.05) is 0 Å². The third-order valence-corrected chi connectivity index (χ3v) is 5.97. The first-order valence-corrected chi connectivity index (χ1v) is 9.10. The van der Waals surface area contributed by atoms with Crippen molar-refractivity contribution in [2.75, 3.05) is 0 Å². The van der Waals surface area contributed by atoms with Gasteiger partial charge in [0.05, 0.1) is 0 Å². The molecule has 0 aromatic heterocycles. The molecule has 2 aromatic carbocycles. The van der Waals surface area contributed by atoms with E-state index in [4.69, 9.17) is 0 Å². The van der Waals surface area contributed by atoms with E-state index in [2.05, 4.69) is 108 Å². The summed E-state index contributed by atoms with van der Waals surface area (Å²) >= 11 is 2.30. The van der Waals surface area contributed by atoms with Crippen LogP contribution < -0.4 is 37.2 Å². The molecule has 0 saturated heterocycles. The molecule has 0 unspecified atom stereocenters. The van der Waals surface area contributed by atoms with E-state index in [9.17, 15) is 0 Å². The van der Waals surface area contributed by atoms with Crippen molar-refractivity contribution in [2.45, 2.75) is 32.6 Å². The van der Waals surface area contributed by atoms with Crippen molar-refractivity contribution in [2.24, 2.45) is 5.92 Å². The molecule has 0 heterocycles. The molecule has 2 aromatic rings. The number of halogens is 3. The van der Waals surface area contributed by atoms with E-state index in [1.165, 1.54) is 20.6 Å². The Morgan fingerprint density at radius 2 is 1.23 bits per heavy atom. The van der Waals surface area contributed by atoms with Gasteiger partial charge < -0.3 is 37.2 Å². The molecule has 0 amide bonds. The van der Waals surface area contributed by atoms with Crippen molar-refractivity contribution in [3.8, 4) is 0 Å². The van der Waals surface area contributed by atoms with Gasteiger partial charge in [-0.15, -0.1) is 0 Å². The van der Waals surface area contributed by atoms with Crippen molar-refractivity contribution in [3.05, 3.63) is 92.9 Å². The van der Waals surface area contributed by atoms with Crippen LogP contribution in [0, 0.1) is 5.92 Å². The van der Waals surface area contributed by atoms with Gasteiger partial charge in [-0.05, 0) is 0 Å². The third-order valence-electron chi connectivity index (χ3n) is 5.04. The number of hydrogen-bond donors (Lipinski definition) is 0. The minimum Gasteiger partial charge on any atom is -1.00 e. The smallest absolute Gasteiger partial charge is 1.00 e.